The minimum atomic E-state index is 0.375. The maximum atomic E-state index is 5.56. The van der Waals surface area contributed by atoms with Crippen molar-refractivity contribution < 1.29 is 0 Å². The van der Waals surface area contributed by atoms with E-state index < -0.39 is 0 Å². The average molecular weight is 264 g/mol. The minimum Gasteiger partial charge on any atom is -0.389 e. The Labute approximate surface area is 109 Å². The third-order valence-electron chi connectivity index (χ3n) is 2.16. The van der Waals surface area contributed by atoms with Crippen LogP contribution in [0.2, 0.25) is 0 Å². The first-order valence-electron chi connectivity index (χ1n) is 5.06. The van der Waals surface area contributed by atoms with Crippen LogP contribution in [0.4, 0.5) is 5.82 Å². The van der Waals surface area contributed by atoms with Gasteiger partial charge in [-0.05, 0) is 19.1 Å². The van der Waals surface area contributed by atoms with Gasteiger partial charge in [-0.15, -0.1) is 11.3 Å². The van der Waals surface area contributed by atoms with Gasteiger partial charge < -0.3 is 11.1 Å². The van der Waals surface area contributed by atoms with Gasteiger partial charge in [0.25, 0.3) is 0 Å². The Kier molecular flexibility index (Phi) is 3.65. The van der Waals surface area contributed by atoms with Crippen LogP contribution in [-0.2, 0) is 6.54 Å². The molecule has 0 spiro atoms. The van der Waals surface area contributed by atoms with Gasteiger partial charge in [-0.3, -0.25) is 0 Å². The number of anilines is 1. The first-order valence-corrected chi connectivity index (χ1v) is 6.34. The van der Waals surface area contributed by atoms with Crippen molar-refractivity contribution in [2.45, 2.75) is 13.5 Å². The summed E-state index contributed by atoms with van der Waals surface area (Å²) in [6, 6.07) is 3.63. The zero-order valence-corrected chi connectivity index (χ0v) is 10.9. The first-order chi connectivity index (χ1) is 8.15. The molecule has 0 aliphatic rings. The van der Waals surface area contributed by atoms with E-state index >= 15 is 0 Å². The quantitative estimate of drug-likeness (QED) is 0.828. The molecule has 6 heteroatoms. The Hall–Kier alpha value is -1.53. The fourth-order valence-corrected chi connectivity index (χ4v) is 2.09. The van der Waals surface area contributed by atoms with Gasteiger partial charge in [0, 0.05) is 17.1 Å². The van der Waals surface area contributed by atoms with E-state index in [0.29, 0.717) is 11.5 Å². The van der Waals surface area contributed by atoms with E-state index in [4.69, 9.17) is 18.0 Å². The molecular weight excluding hydrogens is 252 g/mol. The van der Waals surface area contributed by atoms with Crippen molar-refractivity contribution in [3.05, 3.63) is 40.0 Å². The molecule has 0 aliphatic heterocycles. The van der Waals surface area contributed by atoms with Gasteiger partial charge in [0.05, 0.1) is 17.2 Å². The lowest BCUT2D eigenvalue weighted by molar-refractivity contribution is 1.04. The number of rotatable bonds is 4. The standard InChI is InChI=1S/C11H12N4S2/c1-7-15-9(6-17-7)5-14-10-4-8(11(12)16)2-3-13-10/h2-4,6H,5H2,1H3,(H2,12,16)(H,13,14). The number of hydrogen-bond acceptors (Lipinski definition) is 5. The third kappa shape index (κ3) is 3.21. The van der Waals surface area contributed by atoms with Crippen molar-refractivity contribution in [1.29, 1.82) is 0 Å². The fourth-order valence-electron chi connectivity index (χ4n) is 1.35. The van der Waals surface area contributed by atoms with Gasteiger partial charge in [-0.2, -0.15) is 0 Å². The van der Waals surface area contributed by atoms with Crippen LogP contribution in [-0.4, -0.2) is 15.0 Å². The van der Waals surface area contributed by atoms with Crippen LogP contribution in [0.5, 0.6) is 0 Å². The van der Waals surface area contributed by atoms with Gasteiger partial charge in [0.15, 0.2) is 0 Å². The fraction of sp³-hybridized carbons (Fsp3) is 0.182. The van der Waals surface area contributed by atoms with Crippen LogP contribution < -0.4 is 11.1 Å². The van der Waals surface area contributed by atoms with E-state index in [1.54, 1.807) is 23.6 Å². The summed E-state index contributed by atoms with van der Waals surface area (Å²) in [4.78, 5) is 8.93. The molecule has 0 aliphatic carbocycles. The minimum absolute atomic E-state index is 0.375. The lowest BCUT2D eigenvalue weighted by Crippen LogP contribution is -2.10. The van der Waals surface area contributed by atoms with Gasteiger partial charge in [0.2, 0.25) is 0 Å². The van der Waals surface area contributed by atoms with Gasteiger partial charge >= 0.3 is 0 Å². The highest BCUT2D eigenvalue weighted by Gasteiger charge is 2.01. The van der Waals surface area contributed by atoms with Crippen molar-refractivity contribution in [3.8, 4) is 0 Å². The molecule has 2 aromatic heterocycles. The lowest BCUT2D eigenvalue weighted by Gasteiger charge is -2.05. The molecule has 0 bridgehead atoms. The summed E-state index contributed by atoms with van der Waals surface area (Å²) in [5, 5.41) is 6.28. The van der Waals surface area contributed by atoms with Crippen molar-refractivity contribution in [2.75, 3.05) is 5.32 Å². The molecule has 0 fully saturated rings. The Morgan fingerprint density at radius 2 is 2.41 bits per heavy atom. The SMILES string of the molecule is Cc1nc(CNc2cc(C(N)=S)ccn2)cs1. The number of nitrogens with two attached hydrogens (primary N) is 1. The number of aryl methyl sites for hydroxylation is 1. The smallest absolute Gasteiger partial charge is 0.126 e. The molecule has 17 heavy (non-hydrogen) atoms. The maximum Gasteiger partial charge on any atom is 0.126 e. The van der Waals surface area contributed by atoms with Gasteiger partial charge in [-0.25, -0.2) is 9.97 Å². The Morgan fingerprint density at radius 3 is 3.06 bits per heavy atom. The van der Waals surface area contributed by atoms with E-state index in [-0.39, 0.29) is 0 Å². The molecule has 0 atom stereocenters. The predicted molar refractivity (Wildman–Crippen MR) is 74.3 cm³/mol. The summed E-state index contributed by atoms with van der Waals surface area (Å²) in [6.45, 7) is 2.64. The molecule has 0 saturated carbocycles. The molecule has 0 saturated heterocycles. The second-order valence-corrected chi connectivity index (χ2v) is 5.01. The lowest BCUT2D eigenvalue weighted by atomic mass is 10.2. The summed E-state index contributed by atoms with van der Waals surface area (Å²) in [5.41, 5.74) is 7.38. The Bertz CT molecular complexity index is 536. The highest BCUT2D eigenvalue weighted by atomic mass is 32.1. The molecule has 0 aromatic carbocycles. The van der Waals surface area contributed by atoms with E-state index in [2.05, 4.69) is 15.3 Å². The summed E-state index contributed by atoms with van der Waals surface area (Å²) in [7, 11) is 0. The zero-order valence-electron chi connectivity index (χ0n) is 9.30. The number of nitrogens with zero attached hydrogens (tertiary/aromatic N) is 2. The number of pyridine rings is 1. The van der Waals surface area contributed by atoms with Crippen LogP contribution in [0.15, 0.2) is 23.7 Å². The molecular formula is C11H12N4S2. The number of aromatic nitrogens is 2. The second-order valence-electron chi connectivity index (χ2n) is 3.51. The highest BCUT2D eigenvalue weighted by molar-refractivity contribution is 7.80. The average Bonchev–Trinajstić information content (AvgIpc) is 2.73. The van der Waals surface area contributed by atoms with E-state index in [9.17, 15) is 0 Å². The third-order valence-corrected chi connectivity index (χ3v) is 3.22. The molecule has 0 radical (unpaired) electrons. The topological polar surface area (TPSA) is 63.8 Å². The molecule has 4 nitrogen and oxygen atoms in total. The highest BCUT2D eigenvalue weighted by Crippen LogP contribution is 2.11. The van der Waals surface area contributed by atoms with Crippen molar-refractivity contribution >= 4 is 34.4 Å². The Balaban J connectivity index is 2.04. The van der Waals surface area contributed by atoms with Crippen LogP contribution in [0, 0.1) is 6.92 Å². The second kappa shape index (κ2) is 5.20. The molecule has 2 aromatic rings. The molecule has 0 unspecified atom stereocenters. The normalized spacial score (nSPS) is 10.2. The number of hydrogen-bond donors (Lipinski definition) is 2. The van der Waals surface area contributed by atoms with Gasteiger partial charge in [-0.1, -0.05) is 12.2 Å². The predicted octanol–water partition coefficient (Wildman–Crippen LogP) is 2.09. The summed E-state index contributed by atoms with van der Waals surface area (Å²) in [6.07, 6.45) is 1.68. The molecule has 88 valence electrons. The summed E-state index contributed by atoms with van der Waals surface area (Å²) >= 11 is 6.55. The monoisotopic (exact) mass is 264 g/mol. The maximum absolute atomic E-state index is 5.56. The van der Waals surface area contributed by atoms with Crippen LogP contribution in [0.3, 0.4) is 0 Å². The van der Waals surface area contributed by atoms with Crippen molar-refractivity contribution in [1.82, 2.24) is 9.97 Å². The van der Waals surface area contributed by atoms with Crippen LogP contribution >= 0.6 is 23.6 Å². The van der Waals surface area contributed by atoms with E-state index in [1.807, 2.05) is 18.4 Å². The number of thiocarbonyl (C=S) groups is 1. The summed E-state index contributed by atoms with van der Waals surface area (Å²) in [5.74, 6) is 0.751. The zero-order chi connectivity index (χ0) is 12.3. The number of nitrogens with one attached hydrogen (secondary N) is 1. The van der Waals surface area contributed by atoms with Crippen molar-refractivity contribution in [2.24, 2.45) is 5.73 Å². The van der Waals surface area contributed by atoms with Crippen molar-refractivity contribution in [3.63, 3.8) is 0 Å². The van der Waals surface area contributed by atoms with E-state index in [0.717, 1.165) is 22.1 Å². The summed E-state index contributed by atoms with van der Waals surface area (Å²) < 4.78 is 0. The Morgan fingerprint density at radius 1 is 1.59 bits per heavy atom. The van der Waals surface area contributed by atoms with Gasteiger partial charge in [0.1, 0.15) is 10.8 Å². The molecule has 2 rings (SSSR count). The largest absolute Gasteiger partial charge is 0.389 e. The van der Waals surface area contributed by atoms with Crippen LogP contribution in [0.25, 0.3) is 0 Å². The van der Waals surface area contributed by atoms with E-state index in [1.165, 1.54) is 0 Å². The van der Waals surface area contributed by atoms with Crippen LogP contribution in [0.1, 0.15) is 16.3 Å². The molecule has 3 N–H and O–H groups in total. The number of thiazole rings is 1. The first kappa shape index (κ1) is 11.9. The molecule has 0 amide bonds. The molecule has 2 heterocycles.